The van der Waals surface area contributed by atoms with Crippen molar-refractivity contribution in [3.05, 3.63) is 59.7 Å². The summed E-state index contributed by atoms with van der Waals surface area (Å²) in [6.07, 6.45) is -3.34. The van der Waals surface area contributed by atoms with Crippen molar-refractivity contribution in [3.63, 3.8) is 0 Å². The van der Waals surface area contributed by atoms with Gasteiger partial charge < -0.3 is 15.4 Å². The summed E-state index contributed by atoms with van der Waals surface area (Å²) in [6.45, 7) is 3.59. The van der Waals surface area contributed by atoms with Gasteiger partial charge >= 0.3 is 18.0 Å². The summed E-state index contributed by atoms with van der Waals surface area (Å²) in [5, 5.41) is 8.32. The number of ether oxygens (including phenoxy) is 1. The summed E-state index contributed by atoms with van der Waals surface area (Å²) in [5.74, 6) is -2.06. The fourth-order valence-corrected chi connectivity index (χ4v) is 2.45. The largest absolute Gasteiger partial charge is 0.484 e. The molecule has 0 aliphatic carbocycles. The van der Waals surface area contributed by atoms with Gasteiger partial charge in [0.15, 0.2) is 6.61 Å². The number of para-hydroxylation sites is 1. The van der Waals surface area contributed by atoms with Crippen LogP contribution < -0.4 is 20.8 Å². The van der Waals surface area contributed by atoms with E-state index < -0.39 is 36.1 Å². The zero-order valence-electron chi connectivity index (χ0n) is 17.9. The van der Waals surface area contributed by atoms with E-state index in [1.165, 1.54) is 30.5 Å². The molecule has 0 saturated heterocycles. The Balaban J connectivity index is 1.89. The van der Waals surface area contributed by atoms with Crippen LogP contribution in [0.3, 0.4) is 0 Å². The topological polar surface area (TPSA) is 109 Å². The number of carbonyl (C=O) groups excluding carboxylic acids is 3. The van der Waals surface area contributed by atoms with E-state index in [1.807, 2.05) is 13.8 Å². The van der Waals surface area contributed by atoms with Gasteiger partial charge in [0.1, 0.15) is 5.75 Å². The highest BCUT2D eigenvalue weighted by Crippen LogP contribution is 2.34. The predicted octanol–water partition coefficient (Wildman–Crippen LogP) is 2.95. The maximum Gasteiger partial charge on any atom is 0.418 e. The Morgan fingerprint density at radius 1 is 1.06 bits per heavy atom. The molecule has 11 heteroatoms. The molecule has 0 radical (unpaired) electrons. The third-order valence-electron chi connectivity index (χ3n) is 3.99. The van der Waals surface area contributed by atoms with Crippen molar-refractivity contribution in [1.82, 2.24) is 10.7 Å². The minimum atomic E-state index is -4.61. The maximum absolute atomic E-state index is 13.0. The number of alkyl halides is 3. The number of benzene rings is 2. The van der Waals surface area contributed by atoms with E-state index in [0.717, 1.165) is 12.1 Å². The van der Waals surface area contributed by atoms with Gasteiger partial charge in [0.2, 0.25) is 0 Å². The monoisotopic (exact) mass is 464 g/mol. The van der Waals surface area contributed by atoms with E-state index in [4.69, 9.17) is 4.74 Å². The number of nitrogens with zero attached hydrogens (tertiary/aromatic N) is 1. The molecule has 2 rings (SSSR count). The number of hydrogen-bond donors (Lipinski definition) is 3. The minimum absolute atomic E-state index is 0.189. The molecule has 0 atom stereocenters. The van der Waals surface area contributed by atoms with Crippen molar-refractivity contribution in [2.24, 2.45) is 11.0 Å². The Hall–Kier alpha value is -3.89. The first-order chi connectivity index (χ1) is 15.6. The zero-order valence-corrected chi connectivity index (χ0v) is 17.9. The second-order valence-electron chi connectivity index (χ2n) is 7.26. The van der Waals surface area contributed by atoms with E-state index in [0.29, 0.717) is 12.1 Å². The van der Waals surface area contributed by atoms with Gasteiger partial charge in [0.05, 0.1) is 17.5 Å². The van der Waals surface area contributed by atoms with Gasteiger partial charge in [0.25, 0.3) is 5.91 Å². The zero-order chi connectivity index (χ0) is 24.4. The molecule has 0 unspecified atom stereocenters. The Morgan fingerprint density at radius 3 is 2.48 bits per heavy atom. The molecule has 3 amide bonds. The molecule has 0 heterocycles. The van der Waals surface area contributed by atoms with Crippen LogP contribution in [0.15, 0.2) is 53.6 Å². The molecule has 0 aliphatic heterocycles. The highest BCUT2D eigenvalue weighted by molar-refractivity contribution is 6.35. The summed E-state index contributed by atoms with van der Waals surface area (Å²) in [5.41, 5.74) is 1.25. The van der Waals surface area contributed by atoms with Crippen LogP contribution in [-0.4, -0.2) is 37.1 Å². The highest BCUT2D eigenvalue weighted by Gasteiger charge is 2.33. The lowest BCUT2D eigenvalue weighted by Crippen LogP contribution is -2.39. The molecule has 176 valence electrons. The van der Waals surface area contributed by atoms with Crippen LogP contribution in [0, 0.1) is 5.92 Å². The van der Waals surface area contributed by atoms with Crippen LogP contribution in [0.4, 0.5) is 18.9 Å². The fourth-order valence-electron chi connectivity index (χ4n) is 2.45. The van der Waals surface area contributed by atoms with Crippen molar-refractivity contribution in [1.29, 1.82) is 0 Å². The second kappa shape index (κ2) is 11.7. The van der Waals surface area contributed by atoms with E-state index in [9.17, 15) is 27.6 Å². The van der Waals surface area contributed by atoms with Gasteiger partial charge in [-0.25, -0.2) is 5.43 Å². The van der Waals surface area contributed by atoms with Crippen molar-refractivity contribution < 1.29 is 32.3 Å². The molecule has 2 aromatic carbocycles. The van der Waals surface area contributed by atoms with Crippen LogP contribution in [-0.2, 0) is 20.6 Å². The molecule has 0 aromatic heterocycles. The van der Waals surface area contributed by atoms with E-state index in [2.05, 4.69) is 21.2 Å². The van der Waals surface area contributed by atoms with Crippen molar-refractivity contribution in [2.45, 2.75) is 20.0 Å². The van der Waals surface area contributed by atoms with E-state index in [1.54, 1.807) is 12.1 Å². The van der Waals surface area contributed by atoms with Crippen LogP contribution in [0.2, 0.25) is 0 Å². The van der Waals surface area contributed by atoms with Crippen LogP contribution in [0.1, 0.15) is 25.0 Å². The SMILES string of the molecule is CC(C)CNC(=O)C(=O)N/N=C\c1cccc(OCC(=O)Nc2ccccc2C(F)(F)F)c1. The lowest BCUT2D eigenvalue weighted by atomic mass is 10.1. The minimum Gasteiger partial charge on any atom is -0.484 e. The number of hydrogen-bond acceptors (Lipinski definition) is 5. The number of nitrogens with one attached hydrogen (secondary N) is 3. The third-order valence-corrected chi connectivity index (χ3v) is 3.99. The summed E-state index contributed by atoms with van der Waals surface area (Å²) < 4.78 is 44.4. The molecule has 0 spiro atoms. The molecule has 0 bridgehead atoms. The number of carbonyl (C=O) groups is 3. The van der Waals surface area contributed by atoms with Crippen molar-refractivity contribution in [2.75, 3.05) is 18.5 Å². The molecule has 33 heavy (non-hydrogen) atoms. The van der Waals surface area contributed by atoms with Crippen molar-refractivity contribution >= 4 is 29.6 Å². The van der Waals surface area contributed by atoms with Crippen LogP contribution >= 0.6 is 0 Å². The Bertz CT molecular complexity index is 1020. The van der Waals surface area contributed by atoms with Gasteiger partial charge in [-0.3, -0.25) is 14.4 Å². The van der Waals surface area contributed by atoms with Gasteiger partial charge in [-0.2, -0.15) is 18.3 Å². The predicted molar refractivity (Wildman–Crippen MR) is 116 cm³/mol. The van der Waals surface area contributed by atoms with Crippen LogP contribution in [0.25, 0.3) is 0 Å². The normalized spacial score (nSPS) is 11.3. The summed E-state index contributed by atoms with van der Waals surface area (Å²) in [7, 11) is 0. The first kappa shape index (κ1) is 25.4. The smallest absolute Gasteiger partial charge is 0.418 e. The molecule has 8 nitrogen and oxygen atoms in total. The average Bonchev–Trinajstić information content (AvgIpc) is 2.76. The first-order valence-electron chi connectivity index (χ1n) is 9.86. The lowest BCUT2D eigenvalue weighted by molar-refractivity contribution is -0.139. The molecular formula is C22H23F3N4O4. The van der Waals surface area contributed by atoms with Gasteiger partial charge in [-0.15, -0.1) is 0 Å². The van der Waals surface area contributed by atoms with E-state index in [-0.39, 0.29) is 17.4 Å². The third kappa shape index (κ3) is 8.63. The Kier molecular flexibility index (Phi) is 8.96. The summed E-state index contributed by atoms with van der Waals surface area (Å²) >= 11 is 0. The number of hydrazone groups is 1. The average molecular weight is 464 g/mol. The molecule has 0 fully saturated rings. The Morgan fingerprint density at radius 2 is 1.79 bits per heavy atom. The van der Waals surface area contributed by atoms with Gasteiger partial charge in [-0.05, 0) is 35.7 Å². The number of halogens is 3. The highest BCUT2D eigenvalue weighted by atomic mass is 19.4. The number of rotatable bonds is 8. The molecular weight excluding hydrogens is 441 g/mol. The van der Waals surface area contributed by atoms with Gasteiger partial charge in [-0.1, -0.05) is 38.1 Å². The van der Waals surface area contributed by atoms with Gasteiger partial charge in [0, 0.05) is 6.54 Å². The second-order valence-corrected chi connectivity index (χ2v) is 7.26. The fraction of sp³-hybridized carbons (Fsp3) is 0.273. The first-order valence-corrected chi connectivity index (χ1v) is 9.86. The molecule has 3 N–H and O–H groups in total. The van der Waals surface area contributed by atoms with Crippen LogP contribution in [0.5, 0.6) is 5.75 Å². The quantitative estimate of drug-likeness (QED) is 0.317. The lowest BCUT2D eigenvalue weighted by Gasteiger charge is -2.13. The standard InChI is InChI=1S/C22H23F3N4O4/c1-14(2)11-26-20(31)21(32)29-27-12-15-6-5-7-16(10-15)33-13-19(30)28-18-9-4-3-8-17(18)22(23,24)25/h3-10,12,14H,11,13H2,1-2H3,(H,26,31)(H,28,30)(H,29,32)/b27-12-. The summed E-state index contributed by atoms with van der Waals surface area (Å²) in [6, 6.07) is 10.9. The summed E-state index contributed by atoms with van der Waals surface area (Å²) in [4.78, 5) is 35.3. The molecule has 0 saturated carbocycles. The molecule has 2 aromatic rings. The van der Waals surface area contributed by atoms with E-state index >= 15 is 0 Å². The Labute approximate surface area is 188 Å². The molecule has 0 aliphatic rings. The van der Waals surface area contributed by atoms with Crippen molar-refractivity contribution in [3.8, 4) is 5.75 Å². The number of anilines is 1. The number of amides is 3. The maximum atomic E-state index is 13.0.